The van der Waals surface area contributed by atoms with Crippen molar-refractivity contribution in [1.82, 2.24) is 15.5 Å². The van der Waals surface area contributed by atoms with E-state index in [1.807, 2.05) is 6.92 Å². The fraction of sp³-hybridized carbons (Fsp3) is 0.769. The van der Waals surface area contributed by atoms with Gasteiger partial charge in [0.25, 0.3) is 0 Å². The van der Waals surface area contributed by atoms with E-state index in [0.29, 0.717) is 12.6 Å². The van der Waals surface area contributed by atoms with Gasteiger partial charge in [-0.2, -0.15) is 0 Å². The summed E-state index contributed by atoms with van der Waals surface area (Å²) in [7, 11) is 0. The van der Waals surface area contributed by atoms with Gasteiger partial charge >= 0.3 is 0 Å². The molecule has 0 radical (unpaired) electrons. The van der Waals surface area contributed by atoms with Crippen molar-refractivity contribution in [3.05, 3.63) is 0 Å². The summed E-state index contributed by atoms with van der Waals surface area (Å²) in [6.45, 7) is 7.50. The number of likely N-dealkylation sites (tertiary alicyclic amines) is 1. The van der Waals surface area contributed by atoms with Gasteiger partial charge in [0.15, 0.2) is 0 Å². The van der Waals surface area contributed by atoms with E-state index < -0.39 is 0 Å². The number of amides is 1. The number of terminal acetylenes is 1. The van der Waals surface area contributed by atoms with Crippen LogP contribution in [0, 0.1) is 12.3 Å². The van der Waals surface area contributed by atoms with E-state index in [4.69, 9.17) is 6.42 Å². The summed E-state index contributed by atoms with van der Waals surface area (Å²) in [6.07, 6.45) is 7.58. The Hall–Kier alpha value is -1.05. The van der Waals surface area contributed by atoms with E-state index in [2.05, 4.69) is 28.4 Å². The number of carbonyl (C=O) groups is 1. The number of hydrogen-bond donors (Lipinski definition) is 2. The van der Waals surface area contributed by atoms with Crippen LogP contribution in [0.15, 0.2) is 0 Å². The van der Waals surface area contributed by atoms with Gasteiger partial charge in [0.2, 0.25) is 5.91 Å². The van der Waals surface area contributed by atoms with Gasteiger partial charge in [-0.15, -0.1) is 6.42 Å². The number of hydrogen-bond acceptors (Lipinski definition) is 3. The molecule has 1 saturated heterocycles. The van der Waals surface area contributed by atoms with Crippen molar-refractivity contribution in [2.75, 3.05) is 26.2 Å². The molecule has 1 heterocycles. The van der Waals surface area contributed by atoms with Gasteiger partial charge in [0.1, 0.15) is 0 Å². The van der Waals surface area contributed by atoms with Crippen molar-refractivity contribution in [2.45, 2.75) is 38.8 Å². The predicted molar refractivity (Wildman–Crippen MR) is 69.6 cm³/mol. The highest BCUT2D eigenvalue weighted by Crippen LogP contribution is 2.15. The topological polar surface area (TPSA) is 44.4 Å². The van der Waals surface area contributed by atoms with E-state index in [1.54, 1.807) is 0 Å². The van der Waals surface area contributed by atoms with Crippen LogP contribution < -0.4 is 10.6 Å². The standard InChI is InChI=1S/C13H23N3O/c1-4-8-14-13(17)11(3)15-10-12-7-6-9-16(12)5-2/h1,11-12,15H,5-10H2,2-3H3,(H,14,17). The van der Waals surface area contributed by atoms with Crippen LogP contribution in [-0.4, -0.2) is 49.1 Å². The monoisotopic (exact) mass is 237 g/mol. The molecule has 4 heteroatoms. The molecule has 0 aromatic carbocycles. The fourth-order valence-electron chi connectivity index (χ4n) is 2.24. The Morgan fingerprint density at radius 3 is 3.06 bits per heavy atom. The number of rotatable bonds is 6. The molecule has 0 bridgehead atoms. The molecular weight excluding hydrogens is 214 g/mol. The zero-order valence-corrected chi connectivity index (χ0v) is 10.8. The molecule has 96 valence electrons. The molecule has 1 fully saturated rings. The van der Waals surface area contributed by atoms with Crippen molar-refractivity contribution in [2.24, 2.45) is 0 Å². The lowest BCUT2D eigenvalue weighted by Crippen LogP contribution is -2.47. The van der Waals surface area contributed by atoms with Gasteiger partial charge in [-0.3, -0.25) is 9.69 Å². The van der Waals surface area contributed by atoms with Gasteiger partial charge in [-0.05, 0) is 32.9 Å². The van der Waals surface area contributed by atoms with E-state index in [-0.39, 0.29) is 11.9 Å². The minimum Gasteiger partial charge on any atom is -0.344 e. The molecule has 0 saturated carbocycles. The summed E-state index contributed by atoms with van der Waals surface area (Å²) >= 11 is 0. The van der Waals surface area contributed by atoms with Crippen LogP contribution in [0.2, 0.25) is 0 Å². The zero-order valence-electron chi connectivity index (χ0n) is 10.8. The Balaban J connectivity index is 2.25. The number of nitrogens with zero attached hydrogens (tertiary/aromatic N) is 1. The second kappa shape index (κ2) is 7.31. The minimum atomic E-state index is -0.178. The van der Waals surface area contributed by atoms with Gasteiger partial charge in [0.05, 0.1) is 12.6 Å². The normalized spacial score (nSPS) is 22.1. The highest BCUT2D eigenvalue weighted by atomic mass is 16.2. The lowest BCUT2D eigenvalue weighted by molar-refractivity contribution is -0.122. The first-order chi connectivity index (χ1) is 8.19. The average molecular weight is 237 g/mol. The highest BCUT2D eigenvalue weighted by Gasteiger charge is 2.23. The van der Waals surface area contributed by atoms with E-state index in [9.17, 15) is 4.79 Å². The summed E-state index contributed by atoms with van der Waals surface area (Å²) in [5.41, 5.74) is 0. The molecule has 2 unspecified atom stereocenters. The summed E-state index contributed by atoms with van der Waals surface area (Å²) in [4.78, 5) is 14.0. The third kappa shape index (κ3) is 4.37. The molecule has 1 aliphatic heterocycles. The second-order valence-electron chi connectivity index (χ2n) is 4.48. The van der Waals surface area contributed by atoms with Crippen molar-refractivity contribution >= 4 is 5.91 Å². The molecule has 1 rings (SSSR count). The lowest BCUT2D eigenvalue weighted by Gasteiger charge is -2.24. The third-order valence-electron chi connectivity index (χ3n) is 3.32. The number of likely N-dealkylation sites (N-methyl/N-ethyl adjacent to an activating group) is 1. The zero-order chi connectivity index (χ0) is 12.7. The first kappa shape index (κ1) is 14.0. The summed E-state index contributed by atoms with van der Waals surface area (Å²) in [5.74, 6) is 2.37. The predicted octanol–water partition coefficient (Wildman–Crippen LogP) is 0.198. The molecule has 2 N–H and O–H groups in total. The maximum atomic E-state index is 11.6. The van der Waals surface area contributed by atoms with Gasteiger partial charge < -0.3 is 10.6 Å². The van der Waals surface area contributed by atoms with Crippen LogP contribution in [0.5, 0.6) is 0 Å². The van der Waals surface area contributed by atoms with Crippen molar-refractivity contribution < 1.29 is 4.79 Å². The largest absolute Gasteiger partial charge is 0.344 e. The fourth-order valence-corrected chi connectivity index (χ4v) is 2.24. The van der Waals surface area contributed by atoms with Crippen LogP contribution in [0.25, 0.3) is 0 Å². The second-order valence-corrected chi connectivity index (χ2v) is 4.48. The number of nitrogens with one attached hydrogen (secondary N) is 2. The highest BCUT2D eigenvalue weighted by molar-refractivity contribution is 5.81. The van der Waals surface area contributed by atoms with Crippen molar-refractivity contribution in [1.29, 1.82) is 0 Å². The Bertz CT molecular complexity index is 285. The maximum absolute atomic E-state index is 11.6. The smallest absolute Gasteiger partial charge is 0.237 e. The molecule has 1 amide bonds. The molecule has 0 aromatic rings. The van der Waals surface area contributed by atoms with E-state index in [0.717, 1.165) is 13.1 Å². The molecule has 0 spiro atoms. The summed E-state index contributed by atoms with van der Waals surface area (Å²) in [6, 6.07) is 0.394. The Morgan fingerprint density at radius 1 is 1.65 bits per heavy atom. The van der Waals surface area contributed by atoms with Crippen molar-refractivity contribution in [3.63, 3.8) is 0 Å². The minimum absolute atomic E-state index is 0.0241. The SMILES string of the molecule is C#CCNC(=O)C(C)NCC1CCCN1CC. The van der Waals surface area contributed by atoms with Crippen LogP contribution in [0.4, 0.5) is 0 Å². The molecule has 0 aliphatic carbocycles. The Morgan fingerprint density at radius 2 is 2.41 bits per heavy atom. The molecular formula is C13H23N3O. The Labute approximate surface area is 104 Å². The average Bonchev–Trinajstić information content (AvgIpc) is 2.80. The van der Waals surface area contributed by atoms with Crippen LogP contribution in [-0.2, 0) is 4.79 Å². The molecule has 1 aliphatic rings. The lowest BCUT2D eigenvalue weighted by atomic mass is 10.2. The first-order valence-corrected chi connectivity index (χ1v) is 6.37. The molecule has 17 heavy (non-hydrogen) atoms. The first-order valence-electron chi connectivity index (χ1n) is 6.37. The third-order valence-corrected chi connectivity index (χ3v) is 3.32. The van der Waals surface area contributed by atoms with E-state index in [1.165, 1.54) is 19.4 Å². The van der Waals surface area contributed by atoms with Gasteiger partial charge in [0, 0.05) is 12.6 Å². The van der Waals surface area contributed by atoms with E-state index >= 15 is 0 Å². The summed E-state index contributed by atoms with van der Waals surface area (Å²) < 4.78 is 0. The van der Waals surface area contributed by atoms with Gasteiger partial charge in [-0.25, -0.2) is 0 Å². The van der Waals surface area contributed by atoms with Crippen molar-refractivity contribution in [3.8, 4) is 12.3 Å². The van der Waals surface area contributed by atoms with Crippen LogP contribution in [0.3, 0.4) is 0 Å². The van der Waals surface area contributed by atoms with Crippen LogP contribution in [0.1, 0.15) is 26.7 Å². The number of carbonyl (C=O) groups excluding carboxylic acids is 1. The molecule has 4 nitrogen and oxygen atoms in total. The molecule has 2 atom stereocenters. The summed E-state index contributed by atoms with van der Waals surface area (Å²) in [5, 5.41) is 5.96. The van der Waals surface area contributed by atoms with Crippen LogP contribution >= 0.6 is 0 Å². The maximum Gasteiger partial charge on any atom is 0.237 e. The quantitative estimate of drug-likeness (QED) is 0.649. The van der Waals surface area contributed by atoms with Gasteiger partial charge in [-0.1, -0.05) is 12.8 Å². The Kier molecular flexibility index (Phi) is 6.03. The molecule has 0 aromatic heterocycles.